The molecule has 0 radical (unpaired) electrons. The molecule has 2 heterocycles. The van der Waals surface area contributed by atoms with Gasteiger partial charge < -0.3 is 19.8 Å². The maximum Gasteiger partial charge on any atom is 0.339 e. The van der Waals surface area contributed by atoms with Gasteiger partial charge in [-0.05, 0) is 49.4 Å². The first-order chi connectivity index (χ1) is 20.8. The van der Waals surface area contributed by atoms with Gasteiger partial charge in [0.1, 0.15) is 17.4 Å². The monoisotopic (exact) mass is 636 g/mol. The van der Waals surface area contributed by atoms with Crippen molar-refractivity contribution >= 4 is 27.6 Å². The number of ether oxygens (including phenoxy) is 1. The van der Waals surface area contributed by atoms with Crippen LogP contribution in [0.25, 0.3) is 0 Å². The lowest BCUT2D eigenvalue weighted by molar-refractivity contribution is -0.121. The second-order valence-corrected chi connectivity index (χ2v) is 12.5. The van der Waals surface area contributed by atoms with Gasteiger partial charge in [-0.1, -0.05) is 24.3 Å². The Balaban J connectivity index is 1.53. The van der Waals surface area contributed by atoms with Crippen molar-refractivity contribution in [2.75, 3.05) is 24.7 Å². The number of carboxylic acid groups (broad SMARTS) is 1. The smallest absolute Gasteiger partial charge is 0.339 e. The highest BCUT2D eigenvalue weighted by molar-refractivity contribution is 7.89. The van der Waals surface area contributed by atoms with Crippen molar-refractivity contribution in [3.05, 3.63) is 88.0 Å². The highest BCUT2D eigenvalue weighted by atomic mass is 32.2. The van der Waals surface area contributed by atoms with Gasteiger partial charge in [-0.25, -0.2) is 30.8 Å². The molecule has 2 N–H and O–H groups in total. The first kappa shape index (κ1) is 31.4. The Labute approximate surface area is 250 Å². The van der Waals surface area contributed by atoms with Crippen LogP contribution in [0.5, 0.6) is 5.75 Å². The molecule has 5 rings (SSSR count). The number of hydrogen-bond acceptors (Lipinski definition) is 6. The number of sulfonamides is 1. The number of halogens is 4. The molecule has 1 amide bonds. The molecule has 2 fully saturated rings. The molecule has 0 aromatic heterocycles. The van der Waals surface area contributed by atoms with Gasteiger partial charge in [-0.2, -0.15) is 4.31 Å². The Morgan fingerprint density at radius 3 is 2.32 bits per heavy atom. The van der Waals surface area contributed by atoms with Gasteiger partial charge >= 0.3 is 5.97 Å². The van der Waals surface area contributed by atoms with E-state index in [1.165, 1.54) is 6.07 Å². The molecule has 3 aromatic rings. The second kappa shape index (κ2) is 12.2. The Bertz CT molecular complexity index is 1700. The summed E-state index contributed by atoms with van der Waals surface area (Å²) in [5, 5.41) is 19.7. The van der Waals surface area contributed by atoms with Crippen LogP contribution in [0.4, 0.5) is 23.2 Å². The summed E-state index contributed by atoms with van der Waals surface area (Å²) in [5.74, 6) is -10.8. The number of rotatable bonds is 8. The first-order valence-electron chi connectivity index (χ1n) is 13.7. The Hall–Kier alpha value is -4.01. The minimum Gasteiger partial charge on any atom is -0.507 e. The van der Waals surface area contributed by atoms with Crippen molar-refractivity contribution in [2.24, 2.45) is 0 Å². The number of carbonyl (C=O) groups excluding carboxylic acids is 1. The van der Waals surface area contributed by atoms with E-state index in [0.717, 1.165) is 35.9 Å². The Morgan fingerprint density at radius 2 is 1.70 bits per heavy atom. The zero-order valence-corrected chi connectivity index (χ0v) is 24.2. The average Bonchev–Trinajstić information content (AvgIpc) is 3.71. The zero-order chi connectivity index (χ0) is 31.9. The largest absolute Gasteiger partial charge is 0.507 e. The molecule has 3 aromatic carbocycles. The van der Waals surface area contributed by atoms with Crippen LogP contribution in [0, 0.1) is 30.2 Å². The number of carboxylic acids is 1. The van der Waals surface area contributed by atoms with Gasteiger partial charge in [-0.3, -0.25) is 4.79 Å². The summed E-state index contributed by atoms with van der Waals surface area (Å²) < 4.78 is 90.9. The average molecular weight is 637 g/mol. The molecule has 2 saturated heterocycles. The SMILES string of the molecule is Cc1c(F)c(F)c(F)c(S(=O)(=O)N2CCC[C@@H]2C(=O)N(Cc2ccc(C3CCOC3)cc2)c2ccc(C(=O)O)c(O)c2)c1F. The number of benzene rings is 3. The molecule has 0 aliphatic carbocycles. The minimum absolute atomic E-state index is 0.0241. The van der Waals surface area contributed by atoms with Crippen LogP contribution in [0.1, 0.15) is 52.2 Å². The van der Waals surface area contributed by atoms with E-state index in [9.17, 15) is 45.8 Å². The molecular weight excluding hydrogens is 608 g/mol. The van der Waals surface area contributed by atoms with Crippen LogP contribution in [0.3, 0.4) is 0 Å². The van der Waals surface area contributed by atoms with Crippen LogP contribution in [-0.2, 0) is 26.1 Å². The summed E-state index contributed by atoms with van der Waals surface area (Å²) in [5.41, 5.74) is 0.174. The summed E-state index contributed by atoms with van der Waals surface area (Å²) in [7, 11) is -5.20. The normalized spacial score (nSPS) is 18.9. The molecule has 2 aliphatic heterocycles. The van der Waals surface area contributed by atoms with Crippen molar-refractivity contribution < 1.29 is 50.5 Å². The number of phenols is 1. The van der Waals surface area contributed by atoms with E-state index in [2.05, 4.69) is 0 Å². The van der Waals surface area contributed by atoms with Crippen molar-refractivity contribution in [1.82, 2.24) is 4.31 Å². The van der Waals surface area contributed by atoms with Crippen molar-refractivity contribution in [1.29, 1.82) is 0 Å². The molecule has 9 nitrogen and oxygen atoms in total. The van der Waals surface area contributed by atoms with E-state index in [-0.39, 0.29) is 37.5 Å². The summed E-state index contributed by atoms with van der Waals surface area (Å²) in [6.07, 6.45) is 0.890. The van der Waals surface area contributed by atoms with E-state index in [1.807, 2.05) is 12.1 Å². The molecule has 2 atom stereocenters. The van der Waals surface area contributed by atoms with E-state index in [0.29, 0.717) is 23.1 Å². The van der Waals surface area contributed by atoms with Crippen molar-refractivity contribution in [2.45, 2.75) is 49.6 Å². The van der Waals surface area contributed by atoms with Crippen LogP contribution < -0.4 is 4.90 Å². The fraction of sp³-hybridized carbons (Fsp3) is 0.333. The van der Waals surface area contributed by atoms with Crippen molar-refractivity contribution in [3.63, 3.8) is 0 Å². The summed E-state index contributed by atoms with van der Waals surface area (Å²) in [6, 6.07) is 9.12. The molecule has 1 unspecified atom stereocenters. The van der Waals surface area contributed by atoms with Gasteiger partial charge in [-0.15, -0.1) is 0 Å². The highest BCUT2D eigenvalue weighted by Gasteiger charge is 2.45. The third-order valence-electron chi connectivity index (χ3n) is 8.01. The van der Waals surface area contributed by atoms with Gasteiger partial charge in [0.25, 0.3) is 0 Å². The number of hydrogen-bond donors (Lipinski definition) is 2. The number of aromatic carboxylic acids is 1. The molecule has 0 spiro atoms. The van der Waals surface area contributed by atoms with Gasteiger partial charge in [0.05, 0.1) is 13.2 Å². The van der Waals surface area contributed by atoms with E-state index in [4.69, 9.17) is 4.74 Å². The topological polar surface area (TPSA) is 124 Å². The Morgan fingerprint density at radius 1 is 1.00 bits per heavy atom. The van der Waals surface area contributed by atoms with E-state index >= 15 is 0 Å². The fourth-order valence-electron chi connectivity index (χ4n) is 5.56. The number of aromatic hydroxyl groups is 1. The van der Waals surface area contributed by atoms with Crippen molar-refractivity contribution in [3.8, 4) is 5.75 Å². The number of nitrogens with zero attached hydrogens (tertiary/aromatic N) is 2. The lowest BCUT2D eigenvalue weighted by atomic mass is 9.97. The first-order valence-corrected chi connectivity index (χ1v) is 15.2. The molecule has 0 bridgehead atoms. The molecule has 14 heteroatoms. The maximum atomic E-state index is 15.0. The van der Waals surface area contributed by atoms with Crippen LogP contribution in [0.2, 0.25) is 0 Å². The number of carbonyl (C=O) groups is 2. The van der Waals surface area contributed by atoms with Crippen LogP contribution in [-0.4, -0.2) is 60.6 Å². The lowest BCUT2D eigenvalue weighted by Gasteiger charge is -2.30. The highest BCUT2D eigenvalue weighted by Crippen LogP contribution is 2.35. The lowest BCUT2D eigenvalue weighted by Crippen LogP contribution is -2.48. The number of anilines is 1. The quantitative estimate of drug-likeness (QED) is 0.206. The summed E-state index contributed by atoms with van der Waals surface area (Å²) in [4.78, 5) is 25.0. The second-order valence-electron chi connectivity index (χ2n) is 10.7. The van der Waals surface area contributed by atoms with Gasteiger partial charge in [0, 0.05) is 36.4 Å². The molecule has 44 heavy (non-hydrogen) atoms. The maximum absolute atomic E-state index is 15.0. The zero-order valence-electron chi connectivity index (χ0n) is 23.4. The predicted molar refractivity (Wildman–Crippen MR) is 149 cm³/mol. The predicted octanol–water partition coefficient (Wildman–Crippen LogP) is 4.85. The van der Waals surface area contributed by atoms with Gasteiger partial charge in [0.15, 0.2) is 28.2 Å². The molecule has 234 valence electrons. The standard InChI is InChI=1S/C30H28F4N2O7S/c1-16-24(31)26(33)27(34)28(25(16)32)44(41,42)36-11-2-3-22(36)29(38)35(20-8-9-21(30(39)40)23(37)13-20)14-17-4-6-18(7-5-17)19-10-12-43-15-19/h4-9,13,19,22,37H,2-3,10-12,14-15H2,1H3,(H,39,40)/t19?,22-/m1/s1. The van der Waals surface area contributed by atoms with Gasteiger partial charge in [0.2, 0.25) is 15.9 Å². The van der Waals surface area contributed by atoms with E-state index < -0.39 is 73.0 Å². The third kappa shape index (κ3) is 5.64. The van der Waals surface area contributed by atoms with E-state index in [1.54, 1.807) is 12.1 Å². The third-order valence-corrected chi connectivity index (χ3v) is 9.94. The summed E-state index contributed by atoms with van der Waals surface area (Å²) >= 11 is 0. The Kier molecular flexibility index (Phi) is 8.69. The number of amides is 1. The van der Waals surface area contributed by atoms with Crippen LogP contribution >= 0.6 is 0 Å². The molecule has 0 saturated carbocycles. The molecule has 2 aliphatic rings. The fourth-order valence-corrected chi connectivity index (χ4v) is 7.39. The minimum atomic E-state index is -5.20. The molecular formula is C30H28F4N2O7S. The summed E-state index contributed by atoms with van der Waals surface area (Å²) in [6.45, 7) is 1.49. The van der Waals surface area contributed by atoms with Crippen LogP contribution in [0.15, 0.2) is 47.4 Å².